The Bertz CT molecular complexity index is 738. The lowest BCUT2D eigenvalue weighted by Gasteiger charge is -2.37. The van der Waals surface area contributed by atoms with Crippen molar-refractivity contribution in [2.24, 2.45) is 0 Å². The molecule has 1 N–H and O–H groups in total. The monoisotopic (exact) mass is 386 g/mol. The van der Waals surface area contributed by atoms with Crippen molar-refractivity contribution < 1.29 is 9.90 Å². The van der Waals surface area contributed by atoms with E-state index in [-0.39, 0.29) is 6.54 Å². The van der Waals surface area contributed by atoms with E-state index in [1.807, 2.05) is 31.2 Å². The van der Waals surface area contributed by atoms with Gasteiger partial charge in [0.25, 0.3) is 0 Å². The Labute approximate surface area is 166 Å². The summed E-state index contributed by atoms with van der Waals surface area (Å²) in [6.45, 7) is 5.95. The second-order valence-corrected chi connectivity index (χ2v) is 7.60. The Hall–Kier alpha value is -1.88. The van der Waals surface area contributed by atoms with Gasteiger partial charge in [0.05, 0.1) is 6.54 Å². The van der Waals surface area contributed by atoms with Gasteiger partial charge < -0.3 is 5.11 Å². The van der Waals surface area contributed by atoms with Crippen molar-refractivity contribution in [3.8, 4) is 11.1 Å². The molecule has 1 saturated heterocycles. The molecule has 0 radical (unpaired) electrons. The smallest absolute Gasteiger partial charge is 0.317 e. The van der Waals surface area contributed by atoms with Crippen molar-refractivity contribution in [2.45, 2.75) is 32.4 Å². The van der Waals surface area contributed by atoms with E-state index in [1.165, 1.54) is 16.7 Å². The molecule has 0 unspecified atom stereocenters. The summed E-state index contributed by atoms with van der Waals surface area (Å²) >= 11 is 5.96. The average Bonchev–Trinajstić information content (AvgIpc) is 2.68. The van der Waals surface area contributed by atoms with Crippen LogP contribution in [-0.4, -0.2) is 53.1 Å². The minimum Gasteiger partial charge on any atom is -0.480 e. The van der Waals surface area contributed by atoms with Crippen molar-refractivity contribution >= 4 is 17.6 Å². The molecule has 0 amide bonds. The van der Waals surface area contributed by atoms with Crippen LogP contribution in [0.15, 0.2) is 48.5 Å². The van der Waals surface area contributed by atoms with Crippen LogP contribution in [0.4, 0.5) is 0 Å². The quantitative estimate of drug-likeness (QED) is 0.767. The number of nitrogens with zero attached hydrogens (tertiary/aromatic N) is 2. The van der Waals surface area contributed by atoms with Crippen molar-refractivity contribution in [3.05, 3.63) is 59.1 Å². The van der Waals surface area contributed by atoms with E-state index < -0.39 is 5.97 Å². The van der Waals surface area contributed by atoms with Crippen molar-refractivity contribution in [1.29, 1.82) is 0 Å². The average molecular weight is 387 g/mol. The summed E-state index contributed by atoms with van der Waals surface area (Å²) in [5, 5.41) is 9.81. The van der Waals surface area contributed by atoms with E-state index in [1.54, 1.807) is 0 Å². The van der Waals surface area contributed by atoms with Crippen LogP contribution >= 0.6 is 11.6 Å². The largest absolute Gasteiger partial charge is 0.480 e. The molecule has 0 spiro atoms. The number of halogens is 1. The number of hydrogen-bond donors (Lipinski definition) is 1. The van der Waals surface area contributed by atoms with Crippen molar-refractivity contribution in [3.63, 3.8) is 0 Å². The molecule has 0 aromatic heterocycles. The second kappa shape index (κ2) is 9.36. The Kier molecular flexibility index (Phi) is 6.89. The van der Waals surface area contributed by atoms with Gasteiger partial charge in [-0.1, -0.05) is 54.9 Å². The molecule has 4 nitrogen and oxygen atoms in total. The first-order chi connectivity index (χ1) is 13.0. The number of carboxylic acid groups (broad SMARTS) is 1. The highest BCUT2D eigenvalue weighted by atomic mass is 35.5. The molecule has 3 rings (SSSR count). The lowest BCUT2D eigenvalue weighted by atomic mass is 10.0. The molecule has 0 aliphatic carbocycles. The summed E-state index contributed by atoms with van der Waals surface area (Å²) in [6, 6.07) is 17.0. The van der Waals surface area contributed by atoms with E-state index in [0.29, 0.717) is 6.04 Å². The molecule has 0 bridgehead atoms. The normalized spacial score (nSPS) is 16.0. The molecular formula is C22H27ClN2O2. The van der Waals surface area contributed by atoms with Crippen LogP contribution in [0, 0.1) is 0 Å². The minimum atomic E-state index is -0.736. The molecule has 0 saturated carbocycles. The van der Waals surface area contributed by atoms with E-state index in [4.69, 9.17) is 16.7 Å². The number of carboxylic acids is 1. The third-order valence-electron chi connectivity index (χ3n) is 5.36. The first-order valence-corrected chi connectivity index (χ1v) is 9.96. The maximum absolute atomic E-state index is 11.0. The van der Waals surface area contributed by atoms with E-state index in [9.17, 15) is 4.79 Å². The van der Waals surface area contributed by atoms with Gasteiger partial charge in [-0.2, -0.15) is 0 Å². The number of hydrogen-bond acceptors (Lipinski definition) is 3. The maximum atomic E-state index is 11.0. The van der Waals surface area contributed by atoms with Gasteiger partial charge in [-0.3, -0.25) is 14.6 Å². The highest BCUT2D eigenvalue weighted by molar-refractivity contribution is 6.30. The summed E-state index contributed by atoms with van der Waals surface area (Å²) in [7, 11) is 0. The Morgan fingerprint density at radius 2 is 1.63 bits per heavy atom. The van der Waals surface area contributed by atoms with Crippen LogP contribution in [0.1, 0.15) is 25.3 Å². The van der Waals surface area contributed by atoms with Gasteiger partial charge in [0.2, 0.25) is 0 Å². The van der Waals surface area contributed by atoms with Crippen LogP contribution in [0.2, 0.25) is 5.02 Å². The zero-order valence-corrected chi connectivity index (χ0v) is 16.5. The summed E-state index contributed by atoms with van der Waals surface area (Å²) in [4.78, 5) is 15.5. The first kappa shape index (κ1) is 19.9. The first-order valence-electron chi connectivity index (χ1n) is 9.58. The Morgan fingerprint density at radius 1 is 1.07 bits per heavy atom. The van der Waals surface area contributed by atoms with Crippen LogP contribution in [0.5, 0.6) is 0 Å². The van der Waals surface area contributed by atoms with Gasteiger partial charge in [-0.15, -0.1) is 0 Å². The van der Waals surface area contributed by atoms with E-state index in [2.05, 4.69) is 34.1 Å². The summed E-state index contributed by atoms with van der Waals surface area (Å²) in [6.07, 6.45) is 2.06. The SMILES string of the molecule is CCN(CC(=O)O)C1CCN(Cc2ccc(-c3ccc(Cl)cc3)cc2)CC1. The fourth-order valence-electron chi connectivity index (χ4n) is 3.82. The number of likely N-dealkylation sites (N-methyl/N-ethyl adjacent to an activating group) is 1. The van der Waals surface area contributed by atoms with Crippen molar-refractivity contribution in [1.82, 2.24) is 9.80 Å². The molecule has 1 aliphatic heterocycles. The van der Waals surface area contributed by atoms with Crippen LogP contribution < -0.4 is 0 Å². The van der Waals surface area contributed by atoms with Crippen LogP contribution in [-0.2, 0) is 11.3 Å². The highest BCUT2D eigenvalue weighted by Crippen LogP contribution is 2.23. The molecule has 1 fully saturated rings. The van der Waals surface area contributed by atoms with E-state index in [0.717, 1.165) is 44.0 Å². The zero-order valence-electron chi connectivity index (χ0n) is 15.8. The number of aliphatic carboxylic acids is 1. The molecular weight excluding hydrogens is 360 g/mol. The third kappa shape index (κ3) is 5.55. The van der Waals surface area contributed by atoms with E-state index >= 15 is 0 Å². The lowest BCUT2D eigenvalue weighted by Crippen LogP contribution is -2.46. The molecule has 2 aromatic carbocycles. The molecule has 1 aliphatic rings. The summed E-state index contributed by atoms with van der Waals surface area (Å²) in [5.74, 6) is -0.736. The lowest BCUT2D eigenvalue weighted by molar-refractivity contribution is -0.139. The standard InChI is InChI=1S/C22H27ClN2O2/c1-2-25(16-22(26)27)21-11-13-24(14-12-21)15-17-3-5-18(6-4-17)19-7-9-20(23)10-8-19/h3-10,21H,2,11-16H2,1H3,(H,26,27). The summed E-state index contributed by atoms with van der Waals surface area (Å²) < 4.78 is 0. The van der Waals surface area contributed by atoms with Crippen LogP contribution in [0.25, 0.3) is 11.1 Å². The fraction of sp³-hybridized carbons (Fsp3) is 0.409. The Morgan fingerprint density at radius 3 is 2.15 bits per heavy atom. The number of likely N-dealkylation sites (tertiary alicyclic amines) is 1. The van der Waals surface area contributed by atoms with Gasteiger partial charge in [0.15, 0.2) is 0 Å². The second-order valence-electron chi connectivity index (χ2n) is 7.17. The molecule has 2 aromatic rings. The van der Waals surface area contributed by atoms with Gasteiger partial charge in [-0.25, -0.2) is 0 Å². The Balaban J connectivity index is 1.53. The summed E-state index contributed by atoms with van der Waals surface area (Å²) in [5.41, 5.74) is 3.68. The van der Waals surface area contributed by atoms with Crippen LogP contribution in [0.3, 0.4) is 0 Å². The van der Waals surface area contributed by atoms with Gasteiger partial charge >= 0.3 is 5.97 Å². The number of piperidine rings is 1. The minimum absolute atomic E-state index is 0.146. The van der Waals surface area contributed by atoms with Gasteiger partial charge in [-0.05, 0) is 61.3 Å². The highest BCUT2D eigenvalue weighted by Gasteiger charge is 2.24. The molecule has 144 valence electrons. The van der Waals surface area contributed by atoms with Gasteiger partial charge in [0.1, 0.15) is 0 Å². The molecule has 27 heavy (non-hydrogen) atoms. The maximum Gasteiger partial charge on any atom is 0.317 e. The van der Waals surface area contributed by atoms with Gasteiger partial charge in [0, 0.05) is 17.6 Å². The molecule has 1 heterocycles. The topological polar surface area (TPSA) is 43.8 Å². The predicted octanol–water partition coefficient (Wildman–Crippen LogP) is 4.38. The number of carbonyl (C=O) groups is 1. The molecule has 0 atom stereocenters. The van der Waals surface area contributed by atoms with Crippen molar-refractivity contribution in [2.75, 3.05) is 26.2 Å². The zero-order chi connectivity index (χ0) is 19.2. The number of rotatable bonds is 7. The predicted molar refractivity (Wildman–Crippen MR) is 110 cm³/mol. The molecule has 5 heteroatoms. The third-order valence-corrected chi connectivity index (χ3v) is 5.61. The fourth-order valence-corrected chi connectivity index (χ4v) is 3.94. The number of benzene rings is 2.